The van der Waals surface area contributed by atoms with Gasteiger partial charge in [0.1, 0.15) is 13.2 Å². The van der Waals surface area contributed by atoms with Crippen LogP contribution >= 0.6 is 0 Å². The van der Waals surface area contributed by atoms with E-state index in [2.05, 4.69) is 140 Å². The summed E-state index contributed by atoms with van der Waals surface area (Å²) in [7, 11) is 2.42. The van der Waals surface area contributed by atoms with E-state index in [1.54, 1.807) is 75.8 Å². The third-order valence-corrected chi connectivity index (χ3v) is 18.4. The van der Waals surface area contributed by atoms with Gasteiger partial charge in [-0.25, -0.2) is 0 Å². The summed E-state index contributed by atoms with van der Waals surface area (Å²) in [6, 6.07) is 35.8. The van der Waals surface area contributed by atoms with Crippen molar-refractivity contribution >= 4 is 104 Å². The van der Waals surface area contributed by atoms with Gasteiger partial charge in [-0.1, -0.05) is 109 Å². The van der Waals surface area contributed by atoms with Crippen molar-refractivity contribution < 1.29 is 9.47 Å². The minimum atomic E-state index is -0.348. The van der Waals surface area contributed by atoms with Crippen molar-refractivity contribution in [1.29, 1.82) is 0 Å². The molecule has 0 radical (unpaired) electrons. The SMILES string of the molecule is Cc1cc2c3c4c(cc5c6c7c8c9c%10c%11c(cc%12c%13c(c%14c1c3c(c8c64)c%14c9c%11%13)=CC%12)=CC1=CC(=C5)C73CN(C)C(c4ccc(OCc5ccccc5)c(OCc5ccccc5)c4)C1%103)C2. The van der Waals surface area contributed by atoms with Crippen molar-refractivity contribution in [3.8, 4) is 11.5 Å². The molecule has 19 rings (SSSR count). The summed E-state index contributed by atoms with van der Waals surface area (Å²) in [5.41, 5.74) is 16.7. The summed E-state index contributed by atoms with van der Waals surface area (Å²) >= 11 is 0. The average molecular weight is 828 g/mol. The normalized spacial score (nSPS) is 22.6. The molecule has 1 aliphatic heterocycles. The molecule has 0 aromatic heterocycles. The Hall–Kier alpha value is -7.20. The molecular weight excluding hydrogens is 791 g/mol. The summed E-state index contributed by atoms with van der Waals surface area (Å²) in [4.78, 5) is 2.75. The van der Waals surface area contributed by atoms with Gasteiger partial charge in [0.05, 0.1) is 5.41 Å². The zero-order chi connectivity index (χ0) is 41.7. The van der Waals surface area contributed by atoms with Gasteiger partial charge >= 0.3 is 0 Å². The fourth-order valence-corrected chi connectivity index (χ4v) is 16.8. The lowest BCUT2D eigenvalue weighted by Gasteiger charge is -2.51. The van der Waals surface area contributed by atoms with Crippen molar-refractivity contribution in [2.24, 2.45) is 0 Å². The van der Waals surface area contributed by atoms with Crippen molar-refractivity contribution in [3.63, 3.8) is 0 Å². The Morgan fingerprint density at radius 1 is 0.554 bits per heavy atom. The summed E-state index contributed by atoms with van der Waals surface area (Å²) in [5.74, 6) is 1.59. The molecule has 3 heteroatoms. The van der Waals surface area contributed by atoms with Gasteiger partial charge in [-0.05, 0) is 202 Å². The zero-order valence-electron chi connectivity index (χ0n) is 35.9. The number of benzene rings is 9. The number of likely N-dealkylation sites (tertiary alicyclic amines) is 1. The molecule has 3 atom stereocenters. The summed E-state index contributed by atoms with van der Waals surface area (Å²) in [5, 5.41) is 27.9. The van der Waals surface area contributed by atoms with Crippen LogP contribution in [0.3, 0.4) is 0 Å². The number of hydrogen-bond donors (Lipinski definition) is 0. The smallest absolute Gasteiger partial charge is 0.162 e. The molecule has 0 amide bonds. The van der Waals surface area contributed by atoms with Gasteiger partial charge in [0.2, 0.25) is 0 Å². The van der Waals surface area contributed by atoms with Crippen molar-refractivity contribution in [2.75, 3.05) is 13.6 Å². The van der Waals surface area contributed by atoms with Crippen LogP contribution in [-0.2, 0) is 36.9 Å². The Balaban J connectivity index is 0.976. The molecule has 3 nitrogen and oxygen atoms in total. The molecule has 7 aliphatic rings. The van der Waals surface area contributed by atoms with Crippen LogP contribution in [0.1, 0.15) is 61.7 Å². The molecule has 12 aromatic carbocycles. The predicted octanol–water partition coefficient (Wildman–Crippen LogP) is 12.1. The molecule has 1 saturated heterocycles. The molecule has 1 fully saturated rings. The first-order valence-electron chi connectivity index (χ1n) is 23.7. The highest BCUT2D eigenvalue weighted by Gasteiger charge is 2.73. The number of ether oxygens (including phenoxy) is 2. The summed E-state index contributed by atoms with van der Waals surface area (Å²) < 4.78 is 13.6. The lowest BCUT2D eigenvalue weighted by atomic mass is 9.49. The highest BCUT2D eigenvalue weighted by atomic mass is 16.5. The van der Waals surface area contributed by atoms with Gasteiger partial charge < -0.3 is 9.47 Å². The first kappa shape index (κ1) is 32.5. The Labute approximate surface area is 372 Å². The van der Waals surface area contributed by atoms with Gasteiger partial charge in [0.15, 0.2) is 11.5 Å². The van der Waals surface area contributed by atoms with E-state index in [1.165, 1.54) is 76.5 Å². The van der Waals surface area contributed by atoms with Crippen LogP contribution in [0.4, 0.5) is 0 Å². The first-order valence-corrected chi connectivity index (χ1v) is 23.7. The average Bonchev–Trinajstić information content (AvgIpc) is 4.18. The number of fused-ring (bicyclic) bond motifs is 2. The van der Waals surface area contributed by atoms with Crippen molar-refractivity contribution in [3.05, 3.63) is 180 Å². The maximum absolute atomic E-state index is 6.90. The topological polar surface area (TPSA) is 21.7 Å². The Kier molecular flexibility index (Phi) is 4.93. The van der Waals surface area contributed by atoms with Crippen LogP contribution in [0.15, 0.2) is 114 Å². The van der Waals surface area contributed by atoms with Gasteiger partial charge in [-0.3, -0.25) is 4.90 Å². The molecule has 12 aromatic rings. The lowest BCUT2D eigenvalue weighted by Crippen LogP contribution is -2.51. The molecule has 302 valence electrons. The van der Waals surface area contributed by atoms with Crippen LogP contribution in [0.25, 0.3) is 104 Å². The van der Waals surface area contributed by atoms with E-state index in [1.807, 2.05) is 0 Å². The molecule has 1 heterocycles. The minimum absolute atomic E-state index is 0.0467. The third-order valence-electron chi connectivity index (χ3n) is 18.4. The Morgan fingerprint density at radius 3 is 2.03 bits per heavy atom. The fourth-order valence-electron chi connectivity index (χ4n) is 16.8. The molecule has 0 saturated carbocycles. The fraction of sp³-hybridized carbons (Fsp3) is 0.161. The monoisotopic (exact) mass is 827 g/mol. The zero-order valence-corrected chi connectivity index (χ0v) is 35.9. The highest BCUT2D eigenvalue weighted by Crippen LogP contribution is 2.78. The lowest BCUT2D eigenvalue weighted by molar-refractivity contribution is 0.250. The van der Waals surface area contributed by atoms with E-state index in [-0.39, 0.29) is 16.9 Å². The number of aryl methyl sites for hydroxylation is 1. The number of hydrogen-bond acceptors (Lipinski definition) is 3. The maximum Gasteiger partial charge on any atom is 0.162 e. The molecule has 2 spiro atoms. The van der Waals surface area contributed by atoms with Crippen LogP contribution in [0.2, 0.25) is 0 Å². The summed E-state index contributed by atoms with van der Waals surface area (Å²) in [6.07, 6.45) is 12.6. The summed E-state index contributed by atoms with van der Waals surface area (Å²) in [6.45, 7) is 4.31. The van der Waals surface area contributed by atoms with Crippen LogP contribution in [0, 0.1) is 6.92 Å². The molecule has 65 heavy (non-hydrogen) atoms. The van der Waals surface area contributed by atoms with Crippen LogP contribution in [0.5, 0.6) is 11.5 Å². The molecule has 0 bridgehead atoms. The molecular formula is C62H37NO2. The van der Waals surface area contributed by atoms with E-state index in [0.29, 0.717) is 13.2 Å². The third kappa shape index (κ3) is 3.04. The van der Waals surface area contributed by atoms with Gasteiger partial charge in [-0.2, -0.15) is 0 Å². The minimum Gasteiger partial charge on any atom is -0.485 e. The van der Waals surface area contributed by atoms with E-state index in [4.69, 9.17) is 9.47 Å². The largest absolute Gasteiger partial charge is 0.485 e. The number of rotatable bonds is 7. The van der Waals surface area contributed by atoms with Crippen molar-refractivity contribution in [2.45, 2.75) is 49.9 Å². The second-order valence-electron chi connectivity index (χ2n) is 21.0. The van der Waals surface area contributed by atoms with E-state index in [0.717, 1.165) is 42.0 Å². The van der Waals surface area contributed by atoms with Crippen LogP contribution in [-0.4, -0.2) is 18.5 Å². The second kappa shape index (κ2) is 9.88. The standard InChI is InChI=1S/C62H37NO2/c1-28-17-33-19-34-20-36-21-37-24-38-22-35-18-31-13-15-39-43(31)50-47(35)59-57-54(50)52-48(39)42(28)49-44(33)45(34)51-46(36)58(56(57)55(51)53(49)52)61(37)27-63(2)60(62(38,59)61)32-14-16-40(64-25-29-9-5-3-6-10-29)41(23-32)65-26-30-11-7-4-8-12-30/h3-12,14-18,20-24,60H,13,19,25-27H2,1-2H3. The number of allylic oxidation sites excluding steroid dienone is 1. The van der Waals surface area contributed by atoms with Crippen molar-refractivity contribution in [1.82, 2.24) is 4.90 Å². The molecule has 0 N–H and O–H groups in total. The van der Waals surface area contributed by atoms with Crippen LogP contribution < -0.4 is 19.9 Å². The maximum atomic E-state index is 6.90. The predicted molar refractivity (Wildman–Crippen MR) is 265 cm³/mol. The van der Waals surface area contributed by atoms with E-state index < -0.39 is 0 Å². The molecule has 3 unspecified atom stereocenters. The Morgan fingerprint density at radius 2 is 1.23 bits per heavy atom. The quantitative estimate of drug-likeness (QED) is 0.149. The second-order valence-corrected chi connectivity index (χ2v) is 21.0. The van der Waals surface area contributed by atoms with E-state index >= 15 is 0 Å². The number of nitrogens with zero attached hydrogens (tertiary/aromatic N) is 1. The van der Waals surface area contributed by atoms with Gasteiger partial charge in [-0.15, -0.1) is 0 Å². The van der Waals surface area contributed by atoms with E-state index in [9.17, 15) is 0 Å². The first-order chi connectivity index (χ1) is 32.0. The highest BCUT2D eigenvalue weighted by molar-refractivity contribution is 6.57. The molecule has 6 aliphatic carbocycles. The Bertz CT molecular complexity index is 4520. The van der Waals surface area contributed by atoms with Gasteiger partial charge in [0, 0.05) is 18.0 Å². The number of likely N-dealkylation sites (N-methyl/N-ethyl adjacent to an activating group) is 1. The van der Waals surface area contributed by atoms with Gasteiger partial charge in [0.25, 0.3) is 0 Å².